The van der Waals surface area contributed by atoms with Gasteiger partial charge in [-0.15, -0.1) is 11.3 Å². The highest BCUT2D eigenvalue weighted by Crippen LogP contribution is 2.31. The summed E-state index contributed by atoms with van der Waals surface area (Å²) in [5, 5.41) is 10.6. The Morgan fingerprint density at radius 3 is 2.94 bits per heavy atom. The first-order valence-electron chi connectivity index (χ1n) is 11.6. The number of carboxylic acid groups (broad SMARTS) is 1. The van der Waals surface area contributed by atoms with Crippen LogP contribution in [0.25, 0.3) is 10.9 Å². The Bertz CT molecular complexity index is 1200. The van der Waals surface area contributed by atoms with Gasteiger partial charge in [0.25, 0.3) is 0 Å². The largest absolute Gasteiger partial charge is 0.497 e. The molecule has 2 aromatic heterocycles. The third kappa shape index (κ3) is 6.50. The Morgan fingerprint density at radius 1 is 1.29 bits per heavy atom. The first-order chi connectivity index (χ1) is 16.5. The lowest BCUT2D eigenvalue weighted by Gasteiger charge is -2.37. The fraction of sp³-hybridized carbons (Fsp3) is 0.407. The van der Waals surface area contributed by atoms with Crippen molar-refractivity contribution in [3.05, 3.63) is 57.4 Å². The fourth-order valence-electron chi connectivity index (χ4n) is 4.84. The fourth-order valence-corrected chi connectivity index (χ4v) is 5.75. The van der Waals surface area contributed by atoms with E-state index in [1.807, 2.05) is 30.5 Å². The van der Waals surface area contributed by atoms with E-state index >= 15 is 0 Å². The Kier molecular flexibility index (Phi) is 8.44. The van der Waals surface area contributed by atoms with Crippen LogP contribution in [0.15, 0.2) is 42.6 Å². The van der Waals surface area contributed by atoms with E-state index in [0.29, 0.717) is 12.5 Å². The number of benzene rings is 1. The van der Waals surface area contributed by atoms with Crippen LogP contribution < -0.4 is 4.74 Å². The van der Waals surface area contributed by atoms with Gasteiger partial charge < -0.3 is 9.84 Å². The van der Waals surface area contributed by atoms with Gasteiger partial charge in [-0.1, -0.05) is 23.4 Å². The summed E-state index contributed by atoms with van der Waals surface area (Å²) in [6, 6.07) is 11.8. The Morgan fingerprint density at radius 2 is 2.18 bits per heavy atom. The molecule has 178 valence electrons. The molecule has 1 aliphatic heterocycles. The number of piperidine rings is 1. The van der Waals surface area contributed by atoms with Gasteiger partial charge in [-0.05, 0) is 86.0 Å². The molecule has 0 amide bonds. The number of hydrogen-bond donors (Lipinski definition) is 1. The zero-order valence-electron chi connectivity index (χ0n) is 19.3. The molecule has 0 aliphatic carbocycles. The van der Waals surface area contributed by atoms with E-state index in [1.54, 1.807) is 7.11 Å². The molecular weight excluding hydrogens is 468 g/mol. The van der Waals surface area contributed by atoms with Crippen LogP contribution >= 0.6 is 22.9 Å². The number of thiophene rings is 1. The van der Waals surface area contributed by atoms with Gasteiger partial charge in [0, 0.05) is 24.5 Å². The second-order valence-electron chi connectivity index (χ2n) is 8.79. The minimum absolute atomic E-state index is 0.151. The van der Waals surface area contributed by atoms with E-state index < -0.39 is 5.97 Å². The number of carbonyl (C=O) groups is 1. The highest BCUT2D eigenvalue weighted by Gasteiger charge is 2.30. The van der Waals surface area contributed by atoms with Gasteiger partial charge in [-0.2, -0.15) is 0 Å². The number of aryl methyl sites for hydroxylation is 1. The molecular formula is C27H29ClN2O3S. The van der Waals surface area contributed by atoms with Crippen LogP contribution in [0, 0.1) is 23.7 Å². The lowest BCUT2D eigenvalue weighted by atomic mass is 9.80. The van der Waals surface area contributed by atoms with Gasteiger partial charge in [0.05, 0.1) is 28.4 Å². The van der Waals surface area contributed by atoms with E-state index in [2.05, 4.69) is 33.9 Å². The van der Waals surface area contributed by atoms with Crippen molar-refractivity contribution >= 4 is 39.8 Å². The smallest absolute Gasteiger partial charge is 0.303 e. The molecule has 2 atom stereocenters. The van der Waals surface area contributed by atoms with Crippen molar-refractivity contribution in [1.82, 2.24) is 9.88 Å². The third-order valence-electron chi connectivity index (χ3n) is 6.56. The van der Waals surface area contributed by atoms with Gasteiger partial charge in [-0.25, -0.2) is 0 Å². The number of halogens is 1. The summed E-state index contributed by atoms with van der Waals surface area (Å²) in [7, 11) is 1.68. The van der Waals surface area contributed by atoms with E-state index in [9.17, 15) is 9.90 Å². The van der Waals surface area contributed by atoms with Gasteiger partial charge in [0.1, 0.15) is 5.75 Å². The molecule has 0 unspecified atom stereocenters. The first-order valence-corrected chi connectivity index (χ1v) is 12.8. The molecule has 1 N–H and O–H groups in total. The molecule has 4 rings (SSSR count). The van der Waals surface area contributed by atoms with Crippen molar-refractivity contribution in [3.8, 4) is 17.6 Å². The number of rotatable bonds is 8. The maximum absolute atomic E-state index is 11.5. The maximum atomic E-state index is 11.5. The molecule has 1 aliphatic rings. The molecule has 5 nitrogen and oxygen atoms in total. The lowest BCUT2D eigenvalue weighted by Crippen LogP contribution is -2.41. The molecule has 0 radical (unpaired) electrons. The number of carboxylic acids is 1. The SMILES string of the molecule is COc1ccc2nccc(CCC[C@@H]3CCN(CC#Cc4ccc(Cl)s4)C[C@@H]3CC(=O)O)c2c1. The van der Waals surface area contributed by atoms with E-state index in [0.717, 1.165) is 64.6 Å². The molecule has 0 saturated carbocycles. The van der Waals surface area contributed by atoms with E-state index in [4.69, 9.17) is 16.3 Å². The molecule has 1 aromatic carbocycles. The van der Waals surface area contributed by atoms with Gasteiger partial charge in [0.15, 0.2) is 0 Å². The highest BCUT2D eigenvalue weighted by atomic mass is 35.5. The van der Waals surface area contributed by atoms with E-state index in [-0.39, 0.29) is 12.3 Å². The summed E-state index contributed by atoms with van der Waals surface area (Å²) in [5.74, 6) is 7.08. The number of likely N-dealkylation sites (tertiary alicyclic amines) is 1. The van der Waals surface area contributed by atoms with Crippen molar-refractivity contribution in [2.45, 2.75) is 32.1 Å². The van der Waals surface area contributed by atoms with Crippen LogP contribution in [-0.2, 0) is 11.2 Å². The number of methoxy groups -OCH3 is 1. The predicted octanol–water partition coefficient (Wildman–Crippen LogP) is 5.75. The average Bonchev–Trinajstić information content (AvgIpc) is 3.24. The zero-order chi connectivity index (χ0) is 23.9. The minimum atomic E-state index is -0.719. The van der Waals surface area contributed by atoms with Crippen LogP contribution in [0.2, 0.25) is 4.34 Å². The van der Waals surface area contributed by atoms with Gasteiger partial charge >= 0.3 is 5.97 Å². The number of pyridine rings is 1. The van der Waals surface area contributed by atoms with Crippen molar-refractivity contribution < 1.29 is 14.6 Å². The zero-order valence-corrected chi connectivity index (χ0v) is 20.9. The van der Waals surface area contributed by atoms with Crippen LogP contribution in [0.3, 0.4) is 0 Å². The standard InChI is InChI=1S/C27H29ClN2O3S/c1-33-22-7-9-25-24(17-22)20(11-13-29-25)5-2-4-19-12-15-30(18-21(19)16-27(31)32)14-3-6-23-8-10-26(28)34-23/h7-11,13,17,19,21H,2,4-5,12,14-16,18H2,1H3,(H,31,32)/t19-,21+/m1/s1. The van der Waals surface area contributed by atoms with E-state index in [1.165, 1.54) is 16.9 Å². The van der Waals surface area contributed by atoms with Crippen LogP contribution in [0.4, 0.5) is 0 Å². The van der Waals surface area contributed by atoms with Crippen molar-refractivity contribution in [3.63, 3.8) is 0 Å². The van der Waals surface area contributed by atoms with Gasteiger partial charge in [-0.3, -0.25) is 14.7 Å². The molecule has 3 heterocycles. The van der Waals surface area contributed by atoms with Crippen molar-refractivity contribution in [2.75, 3.05) is 26.7 Å². The normalized spacial score (nSPS) is 18.4. The number of ether oxygens (including phenoxy) is 1. The van der Waals surface area contributed by atoms with Crippen molar-refractivity contribution in [2.24, 2.45) is 11.8 Å². The first kappa shape index (κ1) is 24.5. The minimum Gasteiger partial charge on any atom is -0.497 e. The summed E-state index contributed by atoms with van der Waals surface area (Å²) in [5.41, 5.74) is 2.24. The quantitative estimate of drug-likeness (QED) is 0.402. The van der Waals surface area contributed by atoms with Crippen LogP contribution in [-0.4, -0.2) is 47.7 Å². The molecule has 7 heteroatoms. The number of aliphatic carboxylic acids is 1. The predicted molar refractivity (Wildman–Crippen MR) is 138 cm³/mol. The lowest BCUT2D eigenvalue weighted by molar-refractivity contribution is -0.139. The summed E-state index contributed by atoms with van der Waals surface area (Å²) in [6.07, 6.45) is 6.08. The highest BCUT2D eigenvalue weighted by molar-refractivity contribution is 7.16. The van der Waals surface area contributed by atoms with Crippen molar-refractivity contribution in [1.29, 1.82) is 0 Å². The Balaban J connectivity index is 1.35. The number of fused-ring (bicyclic) bond motifs is 1. The number of nitrogens with zero attached hydrogens (tertiary/aromatic N) is 2. The molecule has 1 saturated heterocycles. The van der Waals surface area contributed by atoms with Gasteiger partial charge in [0.2, 0.25) is 0 Å². The molecule has 0 bridgehead atoms. The number of hydrogen-bond acceptors (Lipinski definition) is 5. The average molecular weight is 497 g/mol. The Labute approximate surface area is 209 Å². The maximum Gasteiger partial charge on any atom is 0.303 e. The third-order valence-corrected chi connectivity index (χ3v) is 7.71. The topological polar surface area (TPSA) is 62.7 Å². The van der Waals surface area contributed by atoms with Crippen LogP contribution in [0.5, 0.6) is 5.75 Å². The summed E-state index contributed by atoms with van der Waals surface area (Å²) >= 11 is 7.45. The molecule has 3 aromatic rings. The van der Waals surface area contributed by atoms with Crippen LogP contribution in [0.1, 0.15) is 36.1 Å². The summed E-state index contributed by atoms with van der Waals surface area (Å²) in [6.45, 7) is 2.39. The molecule has 0 spiro atoms. The molecule has 1 fully saturated rings. The second-order valence-corrected chi connectivity index (χ2v) is 10.5. The second kappa shape index (κ2) is 11.7. The molecule has 34 heavy (non-hydrogen) atoms. The monoisotopic (exact) mass is 496 g/mol. The summed E-state index contributed by atoms with van der Waals surface area (Å²) < 4.78 is 6.13. The number of aromatic nitrogens is 1. The Hall–Kier alpha value is -2.59. The summed E-state index contributed by atoms with van der Waals surface area (Å²) in [4.78, 5) is 19.3.